The number of carboxylic acid groups (broad SMARTS) is 1. The van der Waals surface area contributed by atoms with Crippen LogP contribution in [0.3, 0.4) is 0 Å². The molecule has 1 aliphatic rings. The first-order valence-corrected chi connectivity index (χ1v) is 12.3. The maximum absolute atomic E-state index is 12.6. The van der Waals surface area contributed by atoms with Crippen LogP contribution >= 0.6 is 0 Å². The van der Waals surface area contributed by atoms with Crippen LogP contribution in [0.15, 0.2) is 84.9 Å². The zero-order valence-corrected chi connectivity index (χ0v) is 20.0. The number of pyridine rings is 1. The van der Waals surface area contributed by atoms with Crippen LogP contribution in [0.2, 0.25) is 0 Å². The Morgan fingerprint density at radius 3 is 2.22 bits per heavy atom. The number of carbonyl (C=O) groups excluding carboxylic acids is 1. The van der Waals surface area contributed by atoms with E-state index in [1.165, 1.54) is 0 Å². The van der Waals surface area contributed by atoms with Gasteiger partial charge in [-0.25, -0.2) is 14.6 Å². The van der Waals surface area contributed by atoms with Crippen molar-refractivity contribution < 1.29 is 19.4 Å². The fourth-order valence-corrected chi connectivity index (χ4v) is 4.95. The van der Waals surface area contributed by atoms with E-state index >= 15 is 0 Å². The Kier molecular flexibility index (Phi) is 6.94. The van der Waals surface area contributed by atoms with Crippen molar-refractivity contribution in [2.24, 2.45) is 5.92 Å². The second-order valence-corrected chi connectivity index (χ2v) is 9.18. The van der Waals surface area contributed by atoms with Crippen molar-refractivity contribution in [1.82, 2.24) is 9.88 Å². The fourth-order valence-electron chi connectivity index (χ4n) is 4.95. The van der Waals surface area contributed by atoms with Crippen molar-refractivity contribution in [1.29, 1.82) is 0 Å². The number of rotatable bonds is 6. The minimum absolute atomic E-state index is 0.242. The third kappa shape index (κ3) is 5.08. The van der Waals surface area contributed by atoms with Gasteiger partial charge in [-0.2, -0.15) is 0 Å². The van der Waals surface area contributed by atoms with Crippen LogP contribution in [0.1, 0.15) is 34.3 Å². The minimum atomic E-state index is -0.942. The van der Waals surface area contributed by atoms with Crippen molar-refractivity contribution >= 4 is 23.0 Å². The van der Waals surface area contributed by atoms with E-state index in [0.29, 0.717) is 36.0 Å². The Morgan fingerprint density at radius 1 is 0.889 bits per heavy atom. The Bertz CT molecular complexity index is 1360. The highest BCUT2D eigenvalue weighted by Gasteiger charge is 2.28. The molecule has 0 spiro atoms. The third-order valence-electron chi connectivity index (χ3n) is 6.83. The van der Waals surface area contributed by atoms with Crippen molar-refractivity contribution in [3.8, 4) is 11.3 Å². The number of piperidine rings is 1. The molecule has 182 valence electrons. The number of ether oxygens (including phenoxy) is 1. The molecule has 1 N–H and O–H groups in total. The summed E-state index contributed by atoms with van der Waals surface area (Å²) in [4.78, 5) is 31.7. The van der Waals surface area contributed by atoms with E-state index in [0.717, 1.165) is 35.2 Å². The van der Waals surface area contributed by atoms with Gasteiger partial charge in [0.25, 0.3) is 0 Å². The average Bonchev–Trinajstić information content (AvgIpc) is 2.92. The topological polar surface area (TPSA) is 79.7 Å². The van der Waals surface area contributed by atoms with Gasteiger partial charge >= 0.3 is 12.1 Å². The highest BCUT2D eigenvalue weighted by atomic mass is 16.6. The summed E-state index contributed by atoms with van der Waals surface area (Å²) in [5.74, 6) is -0.700. The summed E-state index contributed by atoms with van der Waals surface area (Å²) in [5.41, 5.74) is 4.34. The molecule has 0 unspecified atom stereocenters. The van der Waals surface area contributed by atoms with Gasteiger partial charge in [-0.05, 0) is 42.4 Å². The SMILES string of the molecule is O=C(O)c1c(CC2CCN(C(=O)OCc3ccccc3)CC2)c(-c2ccccc2)nc2ccccc12. The van der Waals surface area contributed by atoms with Crippen molar-refractivity contribution in [3.63, 3.8) is 0 Å². The number of carboxylic acids is 1. The Balaban J connectivity index is 1.35. The summed E-state index contributed by atoms with van der Waals surface area (Å²) in [6.07, 6.45) is 1.85. The molecule has 0 atom stereocenters. The summed E-state index contributed by atoms with van der Waals surface area (Å²) in [7, 11) is 0. The highest BCUT2D eigenvalue weighted by molar-refractivity contribution is 6.05. The van der Waals surface area contributed by atoms with Gasteiger partial charge in [0.1, 0.15) is 6.61 Å². The first-order chi connectivity index (χ1) is 17.6. The maximum Gasteiger partial charge on any atom is 0.410 e. The molecule has 2 heterocycles. The summed E-state index contributed by atoms with van der Waals surface area (Å²) in [6.45, 7) is 1.43. The number of carbonyl (C=O) groups is 2. The quantitative estimate of drug-likeness (QED) is 0.356. The van der Waals surface area contributed by atoms with Crippen LogP contribution in [0.4, 0.5) is 4.79 Å². The molecule has 6 nitrogen and oxygen atoms in total. The first-order valence-electron chi connectivity index (χ1n) is 12.3. The largest absolute Gasteiger partial charge is 0.478 e. The molecule has 0 saturated carbocycles. The molecule has 0 aliphatic carbocycles. The molecule has 36 heavy (non-hydrogen) atoms. The minimum Gasteiger partial charge on any atom is -0.478 e. The molecule has 3 aromatic carbocycles. The van der Waals surface area contributed by atoms with E-state index in [9.17, 15) is 14.7 Å². The fraction of sp³-hybridized carbons (Fsp3) is 0.233. The molecule has 6 heteroatoms. The Hall–Kier alpha value is -4.19. The van der Waals surface area contributed by atoms with Gasteiger partial charge < -0.3 is 14.7 Å². The van der Waals surface area contributed by atoms with Gasteiger partial charge in [-0.1, -0.05) is 78.9 Å². The Labute approximate surface area is 210 Å². The summed E-state index contributed by atoms with van der Waals surface area (Å²) in [5, 5.41) is 10.9. The van der Waals surface area contributed by atoms with E-state index in [1.807, 2.05) is 84.9 Å². The number of likely N-dealkylation sites (tertiary alicyclic amines) is 1. The molecule has 1 aromatic heterocycles. The number of aromatic nitrogens is 1. The van der Waals surface area contributed by atoms with Crippen LogP contribution in [0.25, 0.3) is 22.2 Å². The summed E-state index contributed by atoms with van der Waals surface area (Å²) >= 11 is 0. The molecule has 0 radical (unpaired) electrons. The number of aromatic carboxylic acids is 1. The van der Waals surface area contributed by atoms with Gasteiger partial charge in [0.05, 0.1) is 16.8 Å². The predicted octanol–water partition coefficient (Wildman–Crippen LogP) is 6.19. The Morgan fingerprint density at radius 2 is 1.53 bits per heavy atom. The molecule has 1 aliphatic heterocycles. The molecule has 1 saturated heterocycles. The number of para-hydroxylation sites is 1. The molecule has 5 rings (SSSR count). The first kappa shape index (κ1) is 23.5. The van der Waals surface area contributed by atoms with Gasteiger partial charge in [0, 0.05) is 24.0 Å². The van der Waals surface area contributed by atoms with E-state index in [1.54, 1.807) is 4.90 Å². The normalized spacial score (nSPS) is 14.1. The van der Waals surface area contributed by atoms with Gasteiger partial charge in [-0.15, -0.1) is 0 Å². The number of amides is 1. The maximum atomic E-state index is 12.6. The van der Waals surface area contributed by atoms with E-state index < -0.39 is 5.97 Å². The number of fused-ring (bicyclic) bond motifs is 1. The monoisotopic (exact) mass is 480 g/mol. The van der Waals surface area contributed by atoms with Crippen LogP contribution in [-0.2, 0) is 17.8 Å². The van der Waals surface area contributed by atoms with Crippen LogP contribution in [0, 0.1) is 5.92 Å². The zero-order chi connectivity index (χ0) is 24.9. The second-order valence-electron chi connectivity index (χ2n) is 9.18. The molecular weight excluding hydrogens is 452 g/mol. The van der Waals surface area contributed by atoms with Gasteiger partial charge in [0.2, 0.25) is 0 Å². The van der Waals surface area contributed by atoms with E-state index in [-0.39, 0.29) is 18.6 Å². The number of hydrogen-bond donors (Lipinski definition) is 1. The molecule has 0 bridgehead atoms. The van der Waals surface area contributed by atoms with Crippen LogP contribution in [-0.4, -0.2) is 40.1 Å². The lowest BCUT2D eigenvalue weighted by molar-refractivity contribution is 0.0697. The summed E-state index contributed by atoms with van der Waals surface area (Å²) < 4.78 is 5.50. The number of benzene rings is 3. The smallest absolute Gasteiger partial charge is 0.410 e. The average molecular weight is 481 g/mol. The lowest BCUT2D eigenvalue weighted by atomic mass is 9.85. The number of hydrogen-bond acceptors (Lipinski definition) is 4. The van der Waals surface area contributed by atoms with Crippen molar-refractivity contribution in [2.45, 2.75) is 25.9 Å². The van der Waals surface area contributed by atoms with Crippen molar-refractivity contribution in [2.75, 3.05) is 13.1 Å². The van der Waals surface area contributed by atoms with E-state index in [2.05, 4.69) is 0 Å². The molecule has 4 aromatic rings. The van der Waals surface area contributed by atoms with Crippen molar-refractivity contribution in [3.05, 3.63) is 102 Å². The van der Waals surface area contributed by atoms with Crippen LogP contribution < -0.4 is 0 Å². The molecular formula is C30H28N2O4. The molecule has 1 fully saturated rings. The van der Waals surface area contributed by atoms with Gasteiger partial charge in [0.15, 0.2) is 0 Å². The number of nitrogens with zero attached hydrogens (tertiary/aromatic N) is 2. The lowest BCUT2D eigenvalue weighted by Crippen LogP contribution is -2.39. The highest BCUT2D eigenvalue weighted by Crippen LogP contribution is 2.34. The summed E-state index contributed by atoms with van der Waals surface area (Å²) in [6, 6.07) is 26.8. The lowest BCUT2D eigenvalue weighted by Gasteiger charge is -2.32. The zero-order valence-electron chi connectivity index (χ0n) is 20.0. The van der Waals surface area contributed by atoms with Gasteiger partial charge in [-0.3, -0.25) is 0 Å². The standard InChI is InChI=1S/C30H28N2O4/c33-29(34)27-24-13-7-8-14-26(24)31-28(23-11-5-2-6-12-23)25(27)19-21-15-17-32(18-16-21)30(35)36-20-22-9-3-1-4-10-22/h1-14,21H,15-20H2,(H,33,34). The predicted molar refractivity (Wildman–Crippen MR) is 139 cm³/mol. The van der Waals surface area contributed by atoms with E-state index in [4.69, 9.17) is 9.72 Å². The third-order valence-corrected chi connectivity index (χ3v) is 6.83. The molecule has 1 amide bonds. The second kappa shape index (κ2) is 10.6. The van der Waals surface area contributed by atoms with Crippen LogP contribution in [0.5, 0.6) is 0 Å².